The minimum Gasteiger partial charge on any atom is -0.372 e. The molecule has 0 aromatic carbocycles. The molecule has 5 N–H and O–H groups in total. The highest BCUT2D eigenvalue weighted by atomic mass is 16.2. The zero-order valence-corrected chi connectivity index (χ0v) is 31.2. The third kappa shape index (κ3) is 16.9. The van der Waals surface area contributed by atoms with E-state index in [1.807, 2.05) is 48.5 Å². The number of carbonyl (C=O) groups is 6. The van der Waals surface area contributed by atoms with E-state index in [9.17, 15) is 24.0 Å². The summed E-state index contributed by atoms with van der Waals surface area (Å²) in [5.74, 6) is 0.289. The number of likely N-dealkylation sites (N-methyl/N-ethyl adjacent to an activating group) is 1. The van der Waals surface area contributed by atoms with E-state index in [0.29, 0.717) is 13.0 Å². The molecule has 1 heterocycles. The molecule has 46 heavy (non-hydrogen) atoms. The van der Waals surface area contributed by atoms with Gasteiger partial charge in [-0.05, 0) is 64.2 Å². The molecule has 0 radical (unpaired) electrons. The maximum atomic E-state index is 13.8. The summed E-state index contributed by atoms with van der Waals surface area (Å²) in [7, 11) is 1.67. The minimum absolute atomic E-state index is 0.0217. The van der Waals surface area contributed by atoms with Crippen LogP contribution in [0.15, 0.2) is 0 Å². The molecule has 2 rings (SSSR count). The van der Waals surface area contributed by atoms with Gasteiger partial charge in [0.15, 0.2) is 5.78 Å². The molecule has 0 spiro atoms. The van der Waals surface area contributed by atoms with Crippen LogP contribution in [0.1, 0.15) is 116 Å². The Morgan fingerprint density at radius 1 is 0.935 bits per heavy atom. The monoisotopic (exact) mass is 655 g/mol. The Bertz CT molecular complexity index is 976. The molecular weight excluding hydrogens is 588 g/mol. The normalized spacial score (nSPS) is 19.0. The lowest BCUT2D eigenvalue weighted by molar-refractivity contribution is -0.142. The lowest BCUT2D eigenvalue weighted by atomic mass is 9.85. The molecule has 1 saturated heterocycles. The number of carbonyl (C=O) groups excluding carboxylic acids is 6. The number of hydrogen-bond acceptors (Lipinski definition) is 6. The Balaban J connectivity index is 0. The summed E-state index contributed by atoms with van der Waals surface area (Å²) >= 11 is 0. The smallest absolute Gasteiger partial charge is 0.316 e. The van der Waals surface area contributed by atoms with Crippen molar-refractivity contribution in [3.05, 3.63) is 0 Å². The van der Waals surface area contributed by atoms with Crippen LogP contribution in [0, 0.1) is 23.2 Å². The van der Waals surface area contributed by atoms with Crippen molar-refractivity contribution < 1.29 is 28.8 Å². The molecular formula is C34H66N6O6. The SMILES string of the molecule is CC(=O)C(C)NC(=O)C1CC(C(C)C)CN1C(=O)C(NC(=O)NC(C)C(=O)N(C)C(C)C)C(C)(C)C.CC1CC1.CCC.NC=O. The maximum Gasteiger partial charge on any atom is 0.316 e. The molecule has 268 valence electrons. The Kier molecular flexibility index (Phi) is 21.1. The second-order valence-corrected chi connectivity index (χ2v) is 14.3. The largest absolute Gasteiger partial charge is 0.372 e. The fraction of sp³-hybridized carbons (Fsp3) is 0.824. The number of rotatable bonds is 9. The molecule has 5 atom stereocenters. The molecule has 5 unspecified atom stereocenters. The van der Waals surface area contributed by atoms with Gasteiger partial charge in [-0.2, -0.15) is 0 Å². The first-order chi connectivity index (χ1) is 21.1. The van der Waals surface area contributed by atoms with Gasteiger partial charge in [0.1, 0.15) is 18.1 Å². The van der Waals surface area contributed by atoms with E-state index >= 15 is 0 Å². The van der Waals surface area contributed by atoms with Crippen LogP contribution in [0.25, 0.3) is 0 Å². The molecule has 1 saturated carbocycles. The number of primary amides is 1. The highest BCUT2D eigenvalue weighted by Crippen LogP contribution is 2.32. The number of likely N-dealkylation sites (tertiary alicyclic amines) is 1. The van der Waals surface area contributed by atoms with Gasteiger partial charge in [-0.15, -0.1) is 0 Å². The first-order valence-corrected chi connectivity index (χ1v) is 16.7. The van der Waals surface area contributed by atoms with Crippen LogP contribution in [0.4, 0.5) is 4.79 Å². The van der Waals surface area contributed by atoms with Crippen molar-refractivity contribution in [2.24, 2.45) is 28.9 Å². The highest BCUT2D eigenvalue weighted by Gasteiger charge is 2.45. The van der Waals surface area contributed by atoms with E-state index in [2.05, 4.69) is 42.5 Å². The van der Waals surface area contributed by atoms with Gasteiger partial charge < -0.3 is 31.5 Å². The number of nitrogens with zero attached hydrogens (tertiary/aromatic N) is 2. The molecule has 12 heteroatoms. The number of Topliss-reactive ketones (excluding diaryl/α,β-unsaturated/α-hetero) is 1. The molecule has 0 bridgehead atoms. The van der Waals surface area contributed by atoms with E-state index in [1.165, 1.54) is 31.1 Å². The molecule has 1 aliphatic heterocycles. The van der Waals surface area contributed by atoms with Crippen molar-refractivity contribution in [1.29, 1.82) is 0 Å². The summed E-state index contributed by atoms with van der Waals surface area (Å²) in [6.45, 7) is 24.9. The molecule has 6 amide bonds. The van der Waals surface area contributed by atoms with Gasteiger partial charge in [0.2, 0.25) is 24.1 Å². The topological polar surface area (TPSA) is 171 Å². The van der Waals surface area contributed by atoms with Crippen molar-refractivity contribution >= 4 is 35.9 Å². The predicted octanol–water partition coefficient (Wildman–Crippen LogP) is 3.86. The van der Waals surface area contributed by atoms with Crippen molar-refractivity contribution in [3.63, 3.8) is 0 Å². The standard InChI is InChI=1S/C26H47N5O5.C4H8.C3H8.CH3NO/c1-14(2)19-12-20(22(33)27-16(5)18(7)32)31(13-19)24(35)21(26(8,9)10)29-25(36)28-17(6)23(34)30(11)15(3)4;1-4-2-3-4;1-3-2;2-1-3/h14-17,19-21H,12-13H2,1-11H3,(H,27,33)(H2,28,29,36);4H,2-3H2,1H3;3H2,1-2H3;1H,(H2,2,3). The minimum atomic E-state index is -0.936. The number of urea groups is 1. The van der Waals surface area contributed by atoms with Crippen LogP contribution in [0.5, 0.6) is 0 Å². The Morgan fingerprint density at radius 2 is 1.39 bits per heavy atom. The van der Waals surface area contributed by atoms with Crippen LogP contribution >= 0.6 is 0 Å². The van der Waals surface area contributed by atoms with Gasteiger partial charge >= 0.3 is 6.03 Å². The predicted molar refractivity (Wildman–Crippen MR) is 184 cm³/mol. The summed E-state index contributed by atoms with van der Waals surface area (Å²) in [6, 6.07) is -3.76. The molecule has 0 aromatic heterocycles. The number of hydrogen-bond donors (Lipinski definition) is 4. The van der Waals surface area contributed by atoms with E-state index in [1.54, 1.807) is 25.8 Å². The van der Waals surface area contributed by atoms with E-state index in [-0.39, 0.29) is 47.8 Å². The molecule has 12 nitrogen and oxygen atoms in total. The van der Waals surface area contributed by atoms with Crippen LogP contribution < -0.4 is 21.7 Å². The van der Waals surface area contributed by atoms with E-state index < -0.39 is 35.6 Å². The van der Waals surface area contributed by atoms with Crippen molar-refractivity contribution in [2.45, 2.75) is 146 Å². The summed E-state index contributed by atoms with van der Waals surface area (Å²) in [6.07, 6.45) is 4.95. The van der Waals surface area contributed by atoms with Gasteiger partial charge in [-0.25, -0.2) is 4.79 Å². The molecule has 2 aliphatic rings. The average molecular weight is 655 g/mol. The molecule has 0 aromatic rings. The van der Waals surface area contributed by atoms with Crippen molar-refractivity contribution in [3.8, 4) is 0 Å². The zero-order chi connectivity index (χ0) is 36.5. The lowest BCUT2D eigenvalue weighted by Crippen LogP contribution is -2.60. The quantitative estimate of drug-likeness (QED) is 0.275. The number of ketones is 1. The van der Waals surface area contributed by atoms with Crippen LogP contribution in [0.3, 0.4) is 0 Å². The van der Waals surface area contributed by atoms with Gasteiger partial charge in [-0.1, -0.05) is 74.7 Å². The summed E-state index contributed by atoms with van der Waals surface area (Å²) in [5.41, 5.74) is 3.50. The number of amides is 6. The first kappa shape index (κ1) is 44.9. The second kappa shape index (κ2) is 21.6. The lowest BCUT2D eigenvalue weighted by Gasteiger charge is -2.36. The Morgan fingerprint density at radius 3 is 1.74 bits per heavy atom. The van der Waals surface area contributed by atoms with E-state index in [4.69, 9.17) is 4.79 Å². The third-order valence-corrected chi connectivity index (χ3v) is 7.93. The van der Waals surface area contributed by atoms with Crippen LogP contribution in [-0.4, -0.2) is 89.5 Å². The van der Waals surface area contributed by atoms with Gasteiger partial charge in [-0.3, -0.25) is 24.0 Å². The number of nitrogens with one attached hydrogen (secondary N) is 3. The molecule has 2 fully saturated rings. The summed E-state index contributed by atoms with van der Waals surface area (Å²) < 4.78 is 0. The highest BCUT2D eigenvalue weighted by molar-refractivity contribution is 5.95. The fourth-order valence-electron chi connectivity index (χ4n) is 4.23. The molecule has 1 aliphatic carbocycles. The van der Waals surface area contributed by atoms with Gasteiger partial charge in [0, 0.05) is 19.6 Å². The summed E-state index contributed by atoms with van der Waals surface area (Å²) in [4.78, 5) is 75.6. The third-order valence-electron chi connectivity index (χ3n) is 7.93. The zero-order valence-electron chi connectivity index (χ0n) is 31.2. The van der Waals surface area contributed by atoms with Crippen LogP contribution in [0.2, 0.25) is 0 Å². The van der Waals surface area contributed by atoms with Crippen molar-refractivity contribution in [1.82, 2.24) is 25.8 Å². The van der Waals surface area contributed by atoms with Crippen molar-refractivity contribution in [2.75, 3.05) is 13.6 Å². The second-order valence-electron chi connectivity index (χ2n) is 14.3. The average Bonchev–Trinajstić information content (AvgIpc) is 3.58. The van der Waals surface area contributed by atoms with Gasteiger partial charge in [0.05, 0.1) is 6.04 Å². The van der Waals surface area contributed by atoms with Crippen LogP contribution in [-0.2, 0) is 24.0 Å². The maximum absolute atomic E-state index is 13.8. The first-order valence-electron chi connectivity index (χ1n) is 16.7. The summed E-state index contributed by atoms with van der Waals surface area (Å²) in [5, 5.41) is 8.10. The number of nitrogens with two attached hydrogens (primary N) is 1. The Labute approximate surface area is 278 Å². The fourth-order valence-corrected chi connectivity index (χ4v) is 4.23. The van der Waals surface area contributed by atoms with E-state index in [0.717, 1.165) is 5.92 Å². The van der Waals surface area contributed by atoms with Gasteiger partial charge in [0.25, 0.3) is 0 Å². The Hall–Kier alpha value is -3.18.